The number of ether oxygens (including phenoxy) is 1. The fourth-order valence-corrected chi connectivity index (χ4v) is 3.12. The largest absolute Gasteiger partial charge is 0.482 e. The average molecular weight is 361 g/mol. The summed E-state index contributed by atoms with van der Waals surface area (Å²) < 4.78 is 7.43. The van der Waals surface area contributed by atoms with Crippen LogP contribution >= 0.6 is 0 Å². The summed E-state index contributed by atoms with van der Waals surface area (Å²) in [6, 6.07) is 16.6. The van der Waals surface area contributed by atoms with Gasteiger partial charge in [-0.25, -0.2) is 0 Å². The molecule has 27 heavy (non-hydrogen) atoms. The molecular weight excluding hydrogens is 342 g/mol. The number of amides is 2. The Labute approximate surface area is 157 Å². The third-order valence-corrected chi connectivity index (χ3v) is 4.51. The Bertz CT molecular complexity index is 978. The number of rotatable bonds is 4. The molecule has 1 aliphatic rings. The Morgan fingerprint density at radius 3 is 2.56 bits per heavy atom. The molecular formula is C21H19N3O3. The summed E-state index contributed by atoms with van der Waals surface area (Å²) in [6.07, 6.45) is 3.90. The first kappa shape index (κ1) is 16.9. The number of carbonyl (C=O) groups excluding carboxylic acids is 2. The first-order valence-corrected chi connectivity index (χ1v) is 8.77. The number of nitrogens with zero attached hydrogens (tertiary/aromatic N) is 2. The number of fused-ring (bicyclic) bond motifs is 1. The van der Waals surface area contributed by atoms with E-state index in [1.807, 2.05) is 48.1 Å². The van der Waals surface area contributed by atoms with E-state index in [-0.39, 0.29) is 18.4 Å². The Kier molecular flexibility index (Phi) is 4.38. The van der Waals surface area contributed by atoms with Crippen molar-refractivity contribution in [2.45, 2.75) is 6.92 Å². The monoisotopic (exact) mass is 361 g/mol. The molecule has 0 saturated carbocycles. The molecule has 1 aromatic heterocycles. The normalized spacial score (nSPS) is 13.1. The van der Waals surface area contributed by atoms with Crippen LogP contribution in [0.1, 0.15) is 17.3 Å². The van der Waals surface area contributed by atoms with Crippen molar-refractivity contribution in [3.05, 3.63) is 72.6 Å². The highest BCUT2D eigenvalue weighted by Gasteiger charge is 2.24. The molecule has 2 aromatic carbocycles. The lowest BCUT2D eigenvalue weighted by Gasteiger charge is -2.28. The summed E-state index contributed by atoms with van der Waals surface area (Å²) in [4.78, 5) is 26.2. The van der Waals surface area contributed by atoms with Crippen LogP contribution in [0.5, 0.6) is 5.75 Å². The predicted molar refractivity (Wildman–Crippen MR) is 104 cm³/mol. The second-order valence-electron chi connectivity index (χ2n) is 6.20. The summed E-state index contributed by atoms with van der Waals surface area (Å²) in [7, 11) is 0. The fourth-order valence-electron chi connectivity index (χ4n) is 3.12. The minimum Gasteiger partial charge on any atom is -0.482 e. The van der Waals surface area contributed by atoms with Gasteiger partial charge in [-0.1, -0.05) is 0 Å². The topological polar surface area (TPSA) is 63.6 Å². The van der Waals surface area contributed by atoms with Crippen molar-refractivity contribution >= 4 is 23.2 Å². The molecule has 0 saturated heterocycles. The molecule has 6 heteroatoms. The van der Waals surface area contributed by atoms with Crippen molar-refractivity contribution in [1.82, 2.24) is 4.57 Å². The highest BCUT2D eigenvalue weighted by Crippen LogP contribution is 2.34. The minimum atomic E-state index is -0.208. The van der Waals surface area contributed by atoms with Gasteiger partial charge in [-0.2, -0.15) is 0 Å². The molecule has 0 bridgehead atoms. The summed E-state index contributed by atoms with van der Waals surface area (Å²) in [5, 5.41) is 2.88. The number of hydrogen-bond donors (Lipinski definition) is 1. The zero-order chi connectivity index (χ0) is 18.8. The van der Waals surface area contributed by atoms with Crippen LogP contribution < -0.4 is 15.0 Å². The van der Waals surface area contributed by atoms with E-state index in [4.69, 9.17) is 4.74 Å². The van der Waals surface area contributed by atoms with Gasteiger partial charge in [0.2, 0.25) is 0 Å². The van der Waals surface area contributed by atoms with Gasteiger partial charge in [0, 0.05) is 35.9 Å². The van der Waals surface area contributed by atoms with Crippen molar-refractivity contribution < 1.29 is 14.3 Å². The summed E-state index contributed by atoms with van der Waals surface area (Å²) in [5.74, 6) is 0.347. The lowest BCUT2D eigenvalue weighted by molar-refractivity contribution is -0.121. The molecule has 0 aliphatic carbocycles. The summed E-state index contributed by atoms with van der Waals surface area (Å²) in [5.41, 5.74) is 2.84. The van der Waals surface area contributed by atoms with E-state index >= 15 is 0 Å². The van der Waals surface area contributed by atoms with Gasteiger partial charge in [0.25, 0.3) is 11.8 Å². The van der Waals surface area contributed by atoms with Crippen LogP contribution in [0, 0.1) is 0 Å². The second-order valence-corrected chi connectivity index (χ2v) is 6.20. The van der Waals surface area contributed by atoms with E-state index in [1.54, 1.807) is 35.2 Å². The Balaban J connectivity index is 1.53. The quantitative estimate of drug-likeness (QED) is 0.774. The van der Waals surface area contributed by atoms with Crippen molar-refractivity contribution in [3.63, 3.8) is 0 Å². The molecule has 4 rings (SSSR count). The van der Waals surface area contributed by atoms with E-state index in [0.717, 1.165) is 5.69 Å². The van der Waals surface area contributed by atoms with Crippen LogP contribution in [0.25, 0.3) is 5.69 Å². The van der Waals surface area contributed by atoms with Crippen LogP contribution in [0.2, 0.25) is 0 Å². The Morgan fingerprint density at radius 2 is 1.85 bits per heavy atom. The number of nitrogens with one attached hydrogen (secondary N) is 1. The number of carbonyl (C=O) groups is 2. The van der Waals surface area contributed by atoms with Gasteiger partial charge in [-0.05, 0) is 61.5 Å². The maximum atomic E-state index is 12.6. The number of anilines is 2. The van der Waals surface area contributed by atoms with Gasteiger partial charge < -0.3 is 19.5 Å². The zero-order valence-electron chi connectivity index (χ0n) is 14.9. The average Bonchev–Trinajstić information content (AvgIpc) is 3.23. The smallest absolute Gasteiger partial charge is 0.265 e. The third-order valence-electron chi connectivity index (χ3n) is 4.51. The first-order chi connectivity index (χ1) is 13.2. The van der Waals surface area contributed by atoms with Crippen molar-refractivity contribution in [2.24, 2.45) is 0 Å². The van der Waals surface area contributed by atoms with Crippen LogP contribution in [0.4, 0.5) is 11.4 Å². The van der Waals surface area contributed by atoms with Crippen LogP contribution in [-0.4, -0.2) is 29.5 Å². The maximum absolute atomic E-state index is 12.6. The van der Waals surface area contributed by atoms with E-state index in [1.165, 1.54) is 0 Å². The van der Waals surface area contributed by atoms with Crippen molar-refractivity contribution in [2.75, 3.05) is 23.4 Å². The molecule has 1 aliphatic heterocycles. The fraction of sp³-hybridized carbons (Fsp3) is 0.143. The molecule has 0 atom stereocenters. The lowest BCUT2D eigenvalue weighted by atomic mass is 10.1. The highest BCUT2D eigenvalue weighted by molar-refractivity contribution is 6.05. The molecule has 6 nitrogen and oxygen atoms in total. The van der Waals surface area contributed by atoms with Gasteiger partial charge in [0.15, 0.2) is 6.61 Å². The van der Waals surface area contributed by atoms with Crippen molar-refractivity contribution in [1.29, 1.82) is 0 Å². The predicted octanol–water partition coefficient (Wildman–Crippen LogP) is 3.47. The first-order valence-electron chi connectivity index (χ1n) is 8.77. The molecule has 2 amide bonds. The third kappa shape index (κ3) is 3.29. The van der Waals surface area contributed by atoms with Crippen LogP contribution in [0.3, 0.4) is 0 Å². The Morgan fingerprint density at radius 1 is 1.11 bits per heavy atom. The zero-order valence-corrected chi connectivity index (χ0v) is 14.9. The highest BCUT2D eigenvalue weighted by atomic mass is 16.5. The van der Waals surface area contributed by atoms with E-state index in [0.29, 0.717) is 29.2 Å². The van der Waals surface area contributed by atoms with Crippen LogP contribution in [0.15, 0.2) is 67.0 Å². The summed E-state index contributed by atoms with van der Waals surface area (Å²) >= 11 is 0. The second kappa shape index (κ2) is 6.99. The van der Waals surface area contributed by atoms with E-state index in [2.05, 4.69) is 5.32 Å². The van der Waals surface area contributed by atoms with Gasteiger partial charge in [-0.15, -0.1) is 0 Å². The molecule has 1 N–H and O–H groups in total. The standard InChI is InChI=1S/C21H19N3O3/c1-2-24-18-13-16(7-10-19(18)27-14-20(24)25)22-21(26)15-5-8-17(9-6-15)23-11-3-4-12-23/h3-13H,2,14H2,1H3,(H,22,26). The number of benzene rings is 2. The van der Waals surface area contributed by atoms with Gasteiger partial charge >= 0.3 is 0 Å². The summed E-state index contributed by atoms with van der Waals surface area (Å²) in [6.45, 7) is 2.50. The maximum Gasteiger partial charge on any atom is 0.265 e. The number of hydrogen-bond acceptors (Lipinski definition) is 3. The molecule has 0 unspecified atom stereocenters. The lowest BCUT2D eigenvalue weighted by Crippen LogP contribution is -2.38. The van der Waals surface area contributed by atoms with Gasteiger partial charge in [-0.3, -0.25) is 9.59 Å². The van der Waals surface area contributed by atoms with E-state index in [9.17, 15) is 9.59 Å². The number of aromatic nitrogens is 1. The number of likely N-dealkylation sites (N-methyl/N-ethyl adjacent to an activating group) is 1. The molecule has 136 valence electrons. The van der Waals surface area contributed by atoms with Gasteiger partial charge in [0.05, 0.1) is 5.69 Å². The molecule has 3 aromatic rings. The van der Waals surface area contributed by atoms with Crippen molar-refractivity contribution in [3.8, 4) is 11.4 Å². The SMILES string of the molecule is CCN1C(=O)COc2ccc(NC(=O)c3ccc(-n4cccc4)cc3)cc21. The van der Waals surface area contributed by atoms with E-state index < -0.39 is 0 Å². The molecule has 2 heterocycles. The Hall–Kier alpha value is -3.54. The molecule has 0 spiro atoms. The van der Waals surface area contributed by atoms with Crippen LogP contribution in [-0.2, 0) is 4.79 Å². The van der Waals surface area contributed by atoms with Gasteiger partial charge in [0.1, 0.15) is 5.75 Å². The molecule has 0 fully saturated rings. The minimum absolute atomic E-state index is 0.0420. The molecule has 0 radical (unpaired) electrons.